The van der Waals surface area contributed by atoms with Crippen LogP contribution in [-0.4, -0.2) is 19.2 Å². The summed E-state index contributed by atoms with van der Waals surface area (Å²) in [4.78, 5) is 8.89. The van der Waals surface area contributed by atoms with Crippen LogP contribution in [0.4, 0.5) is 0 Å². The standard InChI is InChI=1S/C26H54O.C2H4O2.K/c1-3-5-7-9-11-13-15-17-19-21-23-25-27-26-24-22-20-18-16-14-12-10-8-6-4-2;1-2(3)4;/h3-26H2,1-2H3;1H3,(H,3,4);/q;;+1/p-1. The molecule has 0 radical (unpaired) electrons. The molecule has 0 bridgehead atoms. The van der Waals surface area contributed by atoms with Gasteiger partial charge in [0.2, 0.25) is 0 Å². The molecule has 0 aromatic heterocycles. The molecule has 0 aromatic rings. The summed E-state index contributed by atoms with van der Waals surface area (Å²) in [5.74, 6) is -1.08. The average molecular weight is 481 g/mol. The van der Waals surface area contributed by atoms with E-state index in [1.165, 1.54) is 141 Å². The van der Waals surface area contributed by atoms with Crippen LogP contribution in [0.1, 0.15) is 162 Å². The number of hydrogen-bond acceptors (Lipinski definition) is 3. The van der Waals surface area contributed by atoms with Gasteiger partial charge >= 0.3 is 51.4 Å². The number of carboxylic acids is 1. The Labute approximate surface area is 245 Å². The predicted octanol–water partition coefficient (Wildman–Crippen LogP) is 5.39. The Morgan fingerprint density at radius 3 is 0.906 bits per heavy atom. The van der Waals surface area contributed by atoms with Gasteiger partial charge in [-0.05, 0) is 19.8 Å². The summed E-state index contributed by atoms with van der Waals surface area (Å²) in [5, 5.41) is 8.89. The van der Waals surface area contributed by atoms with Gasteiger partial charge < -0.3 is 14.6 Å². The fourth-order valence-corrected chi connectivity index (χ4v) is 3.84. The molecule has 0 aromatic carbocycles. The van der Waals surface area contributed by atoms with Gasteiger partial charge in [0, 0.05) is 19.2 Å². The molecule has 0 N–H and O–H groups in total. The fourth-order valence-electron chi connectivity index (χ4n) is 3.84. The largest absolute Gasteiger partial charge is 1.00 e. The predicted molar refractivity (Wildman–Crippen MR) is 134 cm³/mol. The average Bonchev–Trinajstić information content (AvgIpc) is 2.74. The van der Waals surface area contributed by atoms with Crippen molar-refractivity contribution in [3.8, 4) is 0 Å². The van der Waals surface area contributed by atoms with Crippen molar-refractivity contribution in [3.05, 3.63) is 0 Å². The zero-order valence-corrected chi connectivity index (χ0v) is 25.8. The van der Waals surface area contributed by atoms with Crippen molar-refractivity contribution < 1.29 is 66.0 Å². The number of unbranched alkanes of at least 4 members (excludes halogenated alkanes) is 20. The molecular formula is C28H57KO3. The maximum absolute atomic E-state index is 8.89. The smallest absolute Gasteiger partial charge is 0.550 e. The molecule has 0 unspecified atom stereocenters. The van der Waals surface area contributed by atoms with Crippen LogP contribution in [-0.2, 0) is 9.53 Å². The summed E-state index contributed by atoms with van der Waals surface area (Å²) in [6.07, 6.45) is 31.1. The van der Waals surface area contributed by atoms with Crippen molar-refractivity contribution in [1.82, 2.24) is 0 Å². The number of rotatable bonds is 24. The van der Waals surface area contributed by atoms with Crippen molar-refractivity contribution in [1.29, 1.82) is 0 Å². The van der Waals surface area contributed by atoms with Crippen molar-refractivity contribution in [3.63, 3.8) is 0 Å². The number of aliphatic carboxylic acids is 1. The van der Waals surface area contributed by atoms with Crippen LogP contribution >= 0.6 is 0 Å². The molecule has 0 atom stereocenters. The summed E-state index contributed by atoms with van der Waals surface area (Å²) in [7, 11) is 0. The van der Waals surface area contributed by atoms with E-state index in [9.17, 15) is 0 Å². The van der Waals surface area contributed by atoms with Gasteiger partial charge in [0.1, 0.15) is 0 Å². The normalized spacial score (nSPS) is 10.3. The maximum Gasteiger partial charge on any atom is 1.00 e. The van der Waals surface area contributed by atoms with Crippen molar-refractivity contribution in [2.45, 2.75) is 162 Å². The molecule has 0 aliphatic rings. The molecule has 0 aliphatic heterocycles. The molecule has 0 saturated heterocycles. The Kier molecular flexibility index (Phi) is 43.1. The van der Waals surface area contributed by atoms with Gasteiger partial charge in [-0.1, -0.05) is 142 Å². The van der Waals surface area contributed by atoms with Crippen LogP contribution in [0.2, 0.25) is 0 Å². The first-order valence-corrected chi connectivity index (χ1v) is 13.9. The molecule has 32 heavy (non-hydrogen) atoms. The first kappa shape index (κ1) is 37.6. The summed E-state index contributed by atoms with van der Waals surface area (Å²) in [6, 6.07) is 0. The van der Waals surface area contributed by atoms with E-state index >= 15 is 0 Å². The first-order chi connectivity index (χ1) is 15.1. The molecule has 0 saturated carbocycles. The quantitative estimate of drug-likeness (QED) is 0.138. The molecule has 0 fully saturated rings. The van der Waals surface area contributed by atoms with Crippen LogP contribution in [0.3, 0.4) is 0 Å². The van der Waals surface area contributed by atoms with E-state index in [0.717, 1.165) is 20.1 Å². The minimum Gasteiger partial charge on any atom is -0.550 e. The van der Waals surface area contributed by atoms with E-state index < -0.39 is 5.97 Å². The number of carbonyl (C=O) groups excluding carboxylic acids is 1. The van der Waals surface area contributed by atoms with Gasteiger partial charge in [-0.3, -0.25) is 0 Å². The summed E-state index contributed by atoms with van der Waals surface area (Å²) in [6.45, 7) is 7.55. The summed E-state index contributed by atoms with van der Waals surface area (Å²) < 4.78 is 5.80. The SMILES string of the molecule is CC(=O)[O-].CCCCCCCCCCCCCOCCCCCCCCCCCCC.[K+]. The van der Waals surface area contributed by atoms with Gasteiger partial charge in [0.05, 0.1) is 0 Å². The minimum absolute atomic E-state index is 0. The maximum atomic E-state index is 8.89. The van der Waals surface area contributed by atoms with E-state index in [4.69, 9.17) is 14.6 Å². The van der Waals surface area contributed by atoms with Crippen LogP contribution in [0.25, 0.3) is 0 Å². The Bertz CT molecular complexity index is 296. The monoisotopic (exact) mass is 480 g/mol. The number of hydrogen-bond donors (Lipinski definition) is 0. The first-order valence-electron chi connectivity index (χ1n) is 13.9. The molecule has 3 nitrogen and oxygen atoms in total. The van der Waals surface area contributed by atoms with Crippen LogP contribution in [0.5, 0.6) is 0 Å². The van der Waals surface area contributed by atoms with Gasteiger partial charge in [-0.25, -0.2) is 0 Å². The third-order valence-electron chi connectivity index (χ3n) is 5.78. The van der Waals surface area contributed by atoms with Gasteiger partial charge in [-0.15, -0.1) is 0 Å². The van der Waals surface area contributed by atoms with Crippen LogP contribution in [0.15, 0.2) is 0 Å². The van der Waals surface area contributed by atoms with E-state index in [0.29, 0.717) is 0 Å². The van der Waals surface area contributed by atoms with Crippen molar-refractivity contribution in [2.24, 2.45) is 0 Å². The Balaban J connectivity index is -0.00000154. The Morgan fingerprint density at radius 1 is 0.500 bits per heavy atom. The topological polar surface area (TPSA) is 49.4 Å². The zero-order valence-electron chi connectivity index (χ0n) is 22.7. The van der Waals surface area contributed by atoms with E-state index in [1.807, 2.05) is 0 Å². The van der Waals surface area contributed by atoms with Crippen LogP contribution in [0, 0.1) is 0 Å². The third kappa shape index (κ3) is 44.7. The van der Waals surface area contributed by atoms with Crippen molar-refractivity contribution in [2.75, 3.05) is 13.2 Å². The summed E-state index contributed by atoms with van der Waals surface area (Å²) in [5.41, 5.74) is 0. The van der Waals surface area contributed by atoms with Crippen molar-refractivity contribution >= 4 is 5.97 Å². The van der Waals surface area contributed by atoms with Gasteiger partial charge in [-0.2, -0.15) is 0 Å². The van der Waals surface area contributed by atoms with Gasteiger partial charge in [0.25, 0.3) is 0 Å². The zero-order chi connectivity index (χ0) is 23.3. The second-order valence-corrected chi connectivity index (χ2v) is 9.18. The van der Waals surface area contributed by atoms with E-state index in [2.05, 4.69) is 13.8 Å². The fraction of sp³-hybridized carbons (Fsp3) is 0.964. The Morgan fingerprint density at radius 2 is 0.688 bits per heavy atom. The molecule has 0 aliphatic carbocycles. The molecule has 188 valence electrons. The summed E-state index contributed by atoms with van der Waals surface area (Å²) >= 11 is 0. The van der Waals surface area contributed by atoms with E-state index in [-0.39, 0.29) is 51.4 Å². The number of ether oxygens (including phenoxy) is 1. The molecular weight excluding hydrogens is 423 g/mol. The molecule has 0 rings (SSSR count). The second-order valence-electron chi connectivity index (χ2n) is 9.18. The van der Waals surface area contributed by atoms with E-state index in [1.54, 1.807) is 0 Å². The molecule has 4 heteroatoms. The molecule has 0 spiro atoms. The number of carboxylic acid groups (broad SMARTS) is 1. The molecule has 0 heterocycles. The third-order valence-corrected chi connectivity index (χ3v) is 5.78. The van der Waals surface area contributed by atoms with Gasteiger partial charge in [0.15, 0.2) is 0 Å². The second kappa shape index (κ2) is 36.6. The minimum atomic E-state index is -1.08. The Hall–Kier alpha value is 1.07. The molecule has 0 amide bonds. The van der Waals surface area contributed by atoms with Crippen LogP contribution < -0.4 is 56.5 Å². The number of carbonyl (C=O) groups is 1.